The first kappa shape index (κ1) is 18.1. The van der Waals surface area contributed by atoms with Crippen LogP contribution in [0.1, 0.15) is 27.2 Å². The topological polar surface area (TPSA) is 79.0 Å². The average molecular weight is 358 g/mol. The van der Waals surface area contributed by atoms with Gasteiger partial charge in [0, 0.05) is 19.7 Å². The molecule has 0 radical (unpaired) electrons. The van der Waals surface area contributed by atoms with Crippen LogP contribution in [0.2, 0.25) is 0 Å². The van der Waals surface area contributed by atoms with E-state index in [0.29, 0.717) is 18.7 Å². The molecule has 0 bridgehead atoms. The van der Waals surface area contributed by atoms with Gasteiger partial charge in [0.25, 0.3) is 11.5 Å². The van der Waals surface area contributed by atoms with Crippen LogP contribution in [0.15, 0.2) is 71.5 Å². The minimum absolute atomic E-state index is 0.210. The molecule has 1 amide bonds. The van der Waals surface area contributed by atoms with Gasteiger partial charge < -0.3 is 4.90 Å². The second kappa shape index (κ2) is 8.11. The van der Waals surface area contributed by atoms with Crippen LogP contribution in [-0.2, 0) is 13.1 Å². The van der Waals surface area contributed by atoms with Gasteiger partial charge in [0.2, 0.25) is 0 Å². The van der Waals surface area contributed by atoms with Gasteiger partial charge in [-0.3, -0.25) is 9.59 Å². The Labute approximate surface area is 156 Å². The maximum atomic E-state index is 12.7. The van der Waals surface area contributed by atoms with Crippen molar-refractivity contribution in [2.75, 3.05) is 7.05 Å². The van der Waals surface area contributed by atoms with Gasteiger partial charge in [-0.25, -0.2) is 4.68 Å². The maximum absolute atomic E-state index is 12.7. The summed E-state index contributed by atoms with van der Waals surface area (Å²) in [6.07, 6.45) is 0. The highest BCUT2D eigenvalue weighted by Gasteiger charge is 2.15. The molecule has 0 N–H and O–H groups in total. The van der Waals surface area contributed by atoms with Crippen LogP contribution in [0.5, 0.6) is 0 Å². The van der Waals surface area contributed by atoms with E-state index in [2.05, 4.69) is 11.2 Å². The van der Waals surface area contributed by atoms with E-state index in [9.17, 15) is 9.59 Å². The summed E-state index contributed by atoms with van der Waals surface area (Å²) >= 11 is 0. The molecule has 2 aromatic carbocycles. The molecule has 3 rings (SSSR count). The molecule has 0 aliphatic rings. The van der Waals surface area contributed by atoms with Crippen molar-refractivity contribution >= 4 is 5.91 Å². The molecule has 27 heavy (non-hydrogen) atoms. The molecule has 0 spiro atoms. The predicted octanol–water partition coefficient (Wildman–Crippen LogP) is 2.44. The van der Waals surface area contributed by atoms with E-state index >= 15 is 0 Å². The molecule has 3 aromatic rings. The molecular weight excluding hydrogens is 340 g/mol. The van der Waals surface area contributed by atoms with E-state index in [4.69, 9.17) is 5.26 Å². The fourth-order valence-electron chi connectivity index (χ4n) is 2.66. The Morgan fingerprint density at radius 2 is 1.74 bits per heavy atom. The molecule has 0 saturated carbocycles. The number of carbonyl (C=O) groups is 1. The normalized spacial score (nSPS) is 10.2. The summed E-state index contributed by atoms with van der Waals surface area (Å²) in [5.41, 5.74) is 2.36. The van der Waals surface area contributed by atoms with Crippen LogP contribution < -0.4 is 5.56 Å². The van der Waals surface area contributed by atoms with Gasteiger partial charge >= 0.3 is 0 Å². The number of aromatic nitrogens is 2. The largest absolute Gasteiger partial charge is 0.336 e. The second-order valence-electron chi connectivity index (χ2n) is 6.17. The Balaban J connectivity index is 1.76. The first-order valence-corrected chi connectivity index (χ1v) is 8.43. The molecule has 6 nitrogen and oxygen atoms in total. The fourth-order valence-corrected chi connectivity index (χ4v) is 2.66. The van der Waals surface area contributed by atoms with E-state index in [1.807, 2.05) is 42.5 Å². The SMILES string of the molecule is CN(Cc1ccc(C#N)cc1)C(=O)c1ccc(=O)n(Cc2ccccc2)n1. The van der Waals surface area contributed by atoms with Crippen molar-refractivity contribution in [1.29, 1.82) is 5.26 Å². The van der Waals surface area contributed by atoms with Crippen LogP contribution in [0, 0.1) is 11.3 Å². The number of nitrogens with zero attached hydrogens (tertiary/aromatic N) is 4. The molecule has 0 atom stereocenters. The maximum Gasteiger partial charge on any atom is 0.274 e. The smallest absolute Gasteiger partial charge is 0.274 e. The van der Waals surface area contributed by atoms with Crippen molar-refractivity contribution in [3.05, 3.63) is 99.5 Å². The Hall–Kier alpha value is -3.72. The molecule has 0 aliphatic heterocycles. The van der Waals surface area contributed by atoms with E-state index in [-0.39, 0.29) is 17.2 Å². The van der Waals surface area contributed by atoms with Crippen molar-refractivity contribution < 1.29 is 4.79 Å². The van der Waals surface area contributed by atoms with E-state index in [1.165, 1.54) is 21.7 Å². The molecular formula is C21H18N4O2. The molecule has 0 fully saturated rings. The number of amides is 1. The minimum atomic E-state index is -0.277. The summed E-state index contributed by atoms with van der Waals surface area (Å²) in [6.45, 7) is 0.685. The zero-order valence-corrected chi connectivity index (χ0v) is 14.9. The van der Waals surface area contributed by atoms with Gasteiger partial charge in [-0.1, -0.05) is 42.5 Å². The lowest BCUT2D eigenvalue weighted by Crippen LogP contribution is -2.31. The summed E-state index contributed by atoms with van der Waals surface area (Å²) in [7, 11) is 1.68. The van der Waals surface area contributed by atoms with Crippen LogP contribution >= 0.6 is 0 Å². The summed E-state index contributed by atoms with van der Waals surface area (Å²) in [4.78, 5) is 26.3. The number of rotatable bonds is 5. The summed E-state index contributed by atoms with van der Waals surface area (Å²) in [6, 6.07) is 21.4. The lowest BCUT2D eigenvalue weighted by Gasteiger charge is -2.17. The third kappa shape index (κ3) is 4.47. The third-order valence-electron chi connectivity index (χ3n) is 4.11. The standard InChI is InChI=1S/C21H18N4O2/c1-24(14-18-9-7-16(13-22)8-10-18)21(27)19-11-12-20(26)25(23-19)15-17-5-3-2-4-6-17/h2-12H,14-15H2,1H3. The number of nitriles is 1. The Morgan fingerprint density at radius 1 is 1.04 bits per heavy atom. The van der Waals surface area contributed by atoms with Crippen molar-refractivity contribution in [1.82, 2.24) is 14.7 Å². The van der Waals surface area contributed by atoms with Crippen molar-refractivity contribution in [3.63, 3.8) is 0 Å². The number of hydrogen-bond donors (Lipinski definition) is 0. The third-order valence-corrected chi connectivity index (χ3v) is 4.11. The molecule has 6 heteroatoms. The molecule has 0 saturated heterocycles. The van der Waals surface area contributed by atoms with Crippen LogP contribution in [-0.4, -0.2) is 27.6 Å². The van der Waals surface area contributed by atoms with Crippen molar-refractivity contribution in [2.45, 2.75) is 13.1 Å². The highest BCUT2D eigenvalue weighted by molar-refractivity contribution is 5.91. The van der Waals surface area contributed by atoms with Gasteiger partial charge in [-0.05, 0) is 29.3 Å². The van der Waals surface area contributed by atoms with E-state index in [1.54, 1.807) is 19.2 Å². The number of hydrogen-bond acceptors (Lipinski definition) is 4. The fraction of sp³-hybridized carbons (Fsp3) is 0.143. The lowest BCUT2D eigenvalue weighted by molar-refractivity contribution is 0.0776. The lowest BCUT2D eigenvalue weighted by atomic mass is 10.1. The zero-order valence-electron chi connectivity index (χ0n) is 14.9. The monoisotopic (exact) mass is 358 g/mol. The average Bonchev–Trinajstić information content (AvgIpc) is 2.70. The van der Waals surface area contributed by atoms with Gasteiger partial charge in [0.15, 0.2) is 0 Å². The van der Waals surface area contributed by atoms with Crippen molar-refractivity contribution in [2.24, 2.45) is 0 Å². The van der Waals surface area contributed by atoms with E-state index < -0.39 is 0 Å². The predicted molar refractivity (Wildman–Crippen MR) is 101 cm³/mol. The molecule has 0 unspecified atom stereocenters. The summed E-state index contributed by atoms with van der Waals surface area (Å²) in [5, 5.41) is 13.1. The Morgan fingerprint density at radius 3 is 2.41 bits per heavy atom. The first-order chi connectivity index (χ1) is 13.1. The highest BCUT2D eigenvalue weighted by Crippen LogP contribution is 2.08. The van der Waals surface area contributed by atoms with Gasteiger partial charge in [0.05, 0.1) is 18.2 Å². The van der Waals surface area contributed by atoms with E-state index in [0.717, 1.165) is 11.1 Å². The van der Waals surface area contributed by atoms with Gasteiger partial charge in [0.1, 0.15) is 5.69 Å². The molecule has 134 valence electrons. The summed E-state index contributed by atoms with van der Waals surface area (Å²) in [5.74, 6) is -0.277. The van der Waals surface area contributed by atoms with Crippen molar-refractivity contribution in [3.8, 4) is 6.07 Å². The first-order valence-electron chi connectivity index (χ1n) is 8.43. The second-order valence-corrected chi connectivity index (χ2v) is 6.17. The number of benzene rings is 2. The quantitative estimate of drug-likeness (QED) is 0.702. The summed E-state index contributed by atoms with van der Waals surface area (Å²) < 4.78 is 1.29. The van der Waals surface area contributed by atoms with Crippen LogP contribution in [0.4, 0.5) is 0 Å². The number of carbonyl (C=O) groups excluding carboxylic acids is 1. The minimum Gasteiger partial charge on any atom is -0.336 e. The molecule has 1 heterocycles. The molecule has 0 aliphatic carbocycles. The van der Waals surface area contributed by atoms with Gasteiger partial charge in [-0.2, -0.15) is 10.4 Å². The Bertz CT molecular complexity index is 1030. The zero-order chi connectivity index (χ0) is 19.2. The Kier molecular flexibility index (Phi) is 5.43. The van der Waals surface area contributed by atoms with Crippen LogP contribution in [0.3, 0.4) is 0 Å². The van der Waals surface area contributed by atoms with Gasteiger partial charge in [-0.15, -0.1) is 0 Å². The highest BCUT2D eigenvalue weighted by atomic mass is 16.2. The van der Waals surface area contributed by atoms with Crippen LogP contribution in [0.25, 0.3) is 0 Å². The molecule has 1 aromatic heterocycles.